The molecule has 0 saturated carbocycles. The summed E-state index contributed by atoms with van der Waals surface area (Å²) in [4.78, 5) is 13.2. The number of aromatic carboxylic acids is 1. The normalized spacial score (nSPS) is 20.1. The zero-order valence-electron chi connectivity index (χ0n) is 9.31. The van der Waals surface area contributed by atoms with Crippen molar-refractivity contribution >= 4 is 17.3 Å². The van der Waals surface area contributed by atoms with Crippen molar-refractivity contribution in [2.24, 2.45) is 5.92 Å². The topological polar surface area (TPSA) is 66.6 Å². The number of hydrogen-bond donors (Lipinski definition) is 2. The van der Waals surface area contributed by atoms with E-state index in [1.807, 2.05) is 6.07 Å². The second kappa shape index (κ2) is 4.04. The first-order valence-corrected chi connectivity index (χ1v) is 5.45. The highest BCUT2D eigenvalue weighted by Gasteiger charge is 2.20. The lowest BCUT2D eigenvalue weighted by Crippen LogP contribution is -2.19. The highest BCUT2D eigenvalue weighted by Crippen LogP contribution is 2.26. The standard InChI is InChI=1S/C12H16N2O2/c1-8-4-5-14(7-8)9-2-3-11(13)10(6-9)12(15)16/h2-3,6,8H,4-5,7,13H2,1H3,(H,15,16). The third kappa shape index (κ3) is 1.96. The van der Waals surface area contributed by atoms with Crippen molar-refractivity contribution in [2.45, 2.75) is 13.3 Å². The Balaban J connectivity index is 2.29. The minimum Gasteiger partial charge on any atom is -0.478 e. The Kier molecular flexibility index (Phi) is 2.73. The molecule has 1 heterocycles. The maximum Gasteiger partial charge on any atom is 0.337 e. The van der Waals surface area contributed by atoms with Gasteiger partial charge in [0, 0.05) is 24.5 Å². The molecule has 2 rings (SSSR count). The molecule has 4 heteroatoms. The van der Waals surface area contributed by atoms with Crippen LogP contribution < -0.4 is 10.6 Å². The van der Waals surface area contributed by atoms with Crippen LogP contribution in [0.4, 0.5) is 11.4 Å². The van der Waals surface area contributed by atoms with E-state index in [0.29, 0.717) is 11.6 Å². The molecule has 1 unspecified atom stereocenters. The molecule has 0 spiro atoms. The average molecular weight is 220 g/mol. The minimum atomic E-state index is -0.966. The van der Waals surface area contributed by atoms with Crippen molar-refractivity contribution in [1.82, 2.24) is 0 Å². The van der Waals surface area contributed by atoms with E-state index in [1.165, 1.54) is 0 Å². The highest BCUT2D eigenvalue weighted by molar-refractivity contribution is 5.94. The number of benzene rings is 1. The second-order valence-electron chi connectivity index (χ2n) is 4.42. The smallest absolute Gasteiger partial charge is 0.337 e. The van der Waals surface area contributed by atoms with Gasteiger partial charge in [0.05, 0.1) is 5.56 Å². The Hall–Kier alpha value is -1.71. The van der Waals surface area contributed by atoms with Gasteiger partial charge in [0.15, 0.2) is 0 Å². The van der Waals surface area contributed by atoms with Gasteiger partial charge in [-0.25, -0.2) is 4.79 Å². The lowest BCUT2D eigenvalue weighted by atomic mass is 10.1. The summed E-state index contributed by atoms with van der Waals surface area (Å²) in [5, 5.41) is 8.99. The van der Waals surface area contributed by atoms with Crippen molar-refractivity contribution < 1.29 is 9.90 Å². The van der Waals surface area contributed by atoms with Crippen LogP contribution in [0.25, 0.3) is 0 Å². The first-order valence-electron chi connectivity index (χ1n) is 5.45. The first kappa shape index (κ1) is 10.8. The molecule has 1 fully saturated rings. The van der Waals surface area contributed by atoms with E-state index < -0.39 is 5.97 Å². The Labute approximate surface area is 94.7 Å². The predicted molar refractivity (Wildman–Crippen MR) is 63.8 cm³/mol. The van der Waals surface area contributed by atoms with Crippen LogP contribution in [0, 0.1) is 5.92 Å². The molecule has 1 atom stereocenters. The van der Waals surface area contributed by atoms with E-state index >= 15 is 0 Å². The Bertz CT molecular complexity index is 417. The number of nitrogens with zero attached hydrogens (tertiary/aromatic N) is 1. The van der Waals surface area contributed by atoms with Gasteiger partial charge in [0.1, 0.15) is 0 Å². The molecule has 1 saturated heterocycles. The van der Waals surface area contributed by atoms with Gasteiger partial charge in [0.2, 0.25) is 0 Å². The first-order chi connectivity index (χ1) is 7.58. The number of anilines is 2. The summed E-state index contributed by atoms with van der Waals surface area (Å²) in [5.41, 5.74) is 7.09. The van der Waals surface area contributed by atoms with E-state index in [0.717, 1.165) is 25.2 Å². The second-order valence-corrected chi connectivity index (χ2v) is 4.42. The van der Waals surface area contributed by atoms with Crippen molar-refractivity contribution in [2.75, 3.05) is 23.7 Å². The molecule has 0 bridgehead atoms. The molecule has 0 radical (unpaired) electrons. The van der Waals surface area contributed by atoms with Crippen LogP contribution in [-0.4, -0.2) is 24.2 Å². The van der Waals surface area contributed by atoms with Crippen LogP contribution in [0.15, 0.2) is 18.2 Å². The molecule has 16 heavy (non-hydrogen) atoms. The number of carboxylic acid groups (broad SMARTS) is 1. The van der Waals surface area contributed by atoms with Crippen molar-refractivity contribution in [1.29, 1.82) is 0 Å². The molecule has 1 aliphatic rings. The summed E-state index contributed by atoms with van der Waals surface area (Å²) in [6.07, 6.45) is 1.16. The Morgan fingerprint density at radius 2 is 2.31 bits per heavy atom. The molecular weight excluding hydrogens is 204 g/mol. The van der Waals surface area contributed by atoms with Crippen LogP contribution in [-0.2, 0) is 0 Å². The SMILES string of the molecule is CC1CCN(c2ccc(N)c(C(=O)O)c2)C1. The molecule has 3 N–H and O–H groups in total. The molecule has 1 aromatic rings. The fraction of sp³-hybridized carbons (Fsp3) is 0.417. The van der Waals surface area contributed by atoms with Crippen LogP contribution in [0.1, 0.15) is 23.7 Å². The van der Waals surface area contributed by atoms with Gasteiger partial charge in [-0.3, -0.25) is 0 Å². The van der Waals surface area contributed by atoms with E-state index in [1.54, 1.807) is 12.1 Å². The zero-order valence-corrected chi connectivity index (χ0v) is 9.31. The number of nitrogens with two attached hydrogens (primary N) is 1. The number of carboxylic acids is 1. The number of hydrogen-bond acceptors (Lipinski definition) is 3. The van der Waals surface area contributed by atoms with Gasteiger partial charge in [-0.2, -0.15) is 0 Å². The summed E-state index contributed by atoms with van der Waals surface area (Å²) in [7, 11) is 0. The van der Waals surface area contributed by atoms with E-state index in [9.17, 15) is 4.79 Å². The molecule has 1 aromatic carbocycles. The molecular formula is C12H16N2O2. The van der Waals surface area contributed by atoms with E-state index in [4.69, 9.17) is 10.8 Å². The fourth-order valence-corrected chi connectivity index (χ4v) is 2.10. The summed E-state index contributed by atoms with van der Waals surface area (Å²) in [6, 6.07) is 5.22. The number of nitrogen functional groups attached to an aromatic ring is 1. The molecule has 1 aliphatic heterocycles. The average Bonchev–Trinajstić information content (AvgIpc) is 2.65. The molecule has 86 valence electrons. The molecule has 0 amide bonds. The van der Waals surface area contributed by atoms with Gasteiger partial charge in [-0.1, -0.05) is 6.92 Å². The van der Waals surface area contributed by atoms with Crippen LogP contribution in [0.5, 0.6) is 0 Å². The lowest BCUT2D eigenvalue weighted by Gasteiger charge is -2.19. The molecule has 0 aliphatic carbocycles. The van der Waals surface area contributed by atoms with Crippen LogP contribution in [0.3, 0.4) is 0 Å². The van der Waals surface area contributed by atoms with Gasteiger partial charge < -0.3 is 15.7 Å². The summed E-state index contributed by atoms with van der Waals surface area (Å²) in [5.74, 6) is -0.294. The monoisotopic (exact) mass is 220 g/mol. The predicted octanol–water partition coefficient (Wildman–Crippen LogP) is 1.81. The highest BCUT2D eigenvalue weighted by atomic mass is 16.4. The van der Waals surface area contributed by atoms with Gasteiger partial charge in [-0.05, 0) is 30.5 Å². The quantitative estimate of drug-likeness (QED) is 0.746. The van der Waals surface area contributed by atoms with E-state index in [2.05, 4.69) is 11.8 Å². The van der Waals surface area contributed by atoms with Gasteiger partial charge in [0.25, 0.3) is 0 Å². The molecule has 4 nitrogen and oxygen atoms in total. The van der Waals surface area contributed by atoms with Crippen LogP contribution >= 0.6 is 0 Å². The number of rotatable bonds is 2. The third-order valence-corrected chi connectivity index (χ3v) is 3.06. The van der Waals surface area contributed by atoms with Crippen molar-refractivity contribution in [3.63, 3.8) is 0 Å². The van der Waals surface area contributed by atoms with Crippen LogP contribution in [0.2, 0.25) is 0 Å². The maximum atomic E-state index is 11.0. The van der Waals surface area contributed by atoms with E-state index in [-0.39, 0.29) is 5.56 Å². The summed E-state index contributed by atoms with van der Waals surface area (Å²) in [6.45, 7) is 4.18. The maximum absolute atomic E-state index is 11.0. The number of carbonyl (C=O) groups is 1. The van der Waals surface area contributed by atoms with Crippen molar-refractivity contribution in [3.8, 4) is 0 Å². The van der Waals surface area contributed by atoms with Gasteiger partial charge in [-0.15, -0.1) is 0 Å². The summed E-state index contributed by atoms with van der Waals surface area (Å²) < 4.78 is 0. The summed E-state index contributed by atoms with van der Waals surface area (Å²) >= 11 is 0. The van der Waals surface area contributed by atoms with Crippen molar-refractivity contribution in [3.05, 3.63) is 23.8 Å². The zero-order chi connectivity index (χ0) is 11.7. The Morgan fingerprint density at radius 3 is 2.88 bits per heavy atom. The Morgan fingerprint density at radius 1 is 1.56 bits per heavy atom. The molecule has 0 aromatic heterocycles. The van der Waals surface area contributed by atoms with Gasteiger partial charge >= 0.3 is 5.97 Å². The minimum absolute atomic E-state index is 0.192. The lowest BCUT2D eigenvalue weighted by molar-refractivity contribution is 0.0698. The fourth-order valence-electron chi connectivity index (χ4n) is 2.10. The third-order valence-electron chi connectivity index (χ3n) is 3.06. The largest absolute Gasteiger partial charge is 0.478 e.